The number of H-pyrrole nitrogens is 1. The predicted octanol–water partition coefficient (Wildman–Crippen LogP) is 5.49. The highest BCUT2D eigenvalue weighted by Crippen LogP contribution is 2.37. The van der Waals surface area contributed by atoms with Gasteiger partial charge in [-0.2, -0.15) is 0 Å². The molecule has 0 saturated carbocycles. The lowest BCUT2D eigenvalue weighted by molar-refractivity contribution is 0.596. The maximum atomic E-state index is 12.4. The molecule has 7 heteroatoms. The SMILES string of the molecule is Cn1cncc1[C@](N)(c1ccc(Cl)cc1)c1ccc2[nH]c(=O)cc(-c3cccc(Cl)c3)c2c1. The summed E-state index contributed by atoms with van der Waals surface area (Å²) in [5.41, 5.74) is 10.9. The van der Waals surface area contributed by atoms with Crippen LogP contribution in [0, 0.1) is 0 Å². The number of pyridine rings is 1. The van der Waals surface area contributed by atoms with Crippen molar-refractivity contribution in [3.63, 3.8) is 0 Å². The predicted molar refractivity (Wildman–Crippen MR) is 134 cm³/mol. The maximum Gasteiger partial charge on any atom is 0.249 e. The first kappa shape index (κ1) is 21.5. The lowest BCUT2D eigenvalue weighted by Gasteiger charge is -2.31. The number of hydrogen-bond acceptors (Lipinski definition) is 3. The van der Waals surface area contributed by atoms with Crippen molar-refractivity contribution in [2.24, 2.45) is 12.8 Å². The third-order valence-corrected chi connectivity index (χ3v) is 6.44. The summed E-state index contributed by atoms with van der Waals surface area (Å²) < 4.78 is 1.91. The summed E-state index contributed by atoms with van der Waals surface area (Å²) in [5, 5.41) is 2.09. The van der Waals surface area contributed by atoms with Gasteiger partial charge in [0, 0.05) is 34.1 Å². The van der Waals surface area contributed by atoms with E-state index in [0.717, 1.165) is 33.3 Å². The summed E-state index contributed by atoms with van der Waals surface area (Å²) >= 11 is 12.4. The maximum absolute atomic E-state index is 12.4. The zero-order valence-electron chi connectivity index (χ0n) is 17.7. The molecule has 0 fully saturated rings. The van der Waals surface area contributed by atoms with Crippen LogP contribution in [0.3, 0.4) is 0 Å². The number of imidazole rings is 1. The molecule has 3 N–H and O–H groups in total. The quantitative estimate of drug-likeness (QED) is 0.361. The minimum atomic E-state index is -1.01. The van der Waals surface area contributed by atoms with Crippen LogP contribution in [0.2, 0.25) is 10.0 Å². The van der Waals surface area contributed by atoms with Gasteiger partial charge in [0.1, 0.15) is 5.54 Å². The Kier molecular flexibility index (Phi) is 5.33. The molecule has 5 nitrogen and oxygen atoms in total. The Morgan fingerprint density at radius 1 is 0.939 bits per heavy atom. The Morgan fingerprint density at radius 2 is 1.70 bits per heavy atom. The highest BCUT2D eigenvalue weighted by molar-refractivity contribution is 6.31. The summed E-state index contributed by atoms with van der Waals surface area (Å²) in [5.74, 6) is 0. The van der Waals surface area contributed by atoms with Gasteiger partial charge in [-0.1, -0.05) is 53.5 Å². The number of halogens is 2. The van der Waals surface area contributed by atoms with Crippen molar-refractivity contribution < 1.29 is 0 Å². The molecular formula is C26H20Cl2N4O. The molecular weight excluding hydrogens is 455 g/mol. The van der Waals surface area contributed by atoms with Crippen molar-refractivity contribution in [2.45, 2.75) is 5.54 Å². The van der Waals surface area contributed by atoms with Crippen LogP contribution >= 0.6 is 23.2 Å². The number of aromatic amines is 1. The summed E-state index contributed by atoms with van der Waals surface area (Å²) in [6.07, 6.45) is 3.49. The van der Waals surface area contributed by atoms with E-state index in [0.29, 0.717) is 15.6 Å². The van der Waals surface area contributed by atoms with E-state index >= 15 is 0 Å². The number of nitrogens with zero attached hydrogens (tertiary/aromatic N) is 2. The second kappa shape index (κ2) is 8.19. The van der Waals surface area contributed by atoms with Crippen LogP contribution in [0.15, 0.2) is 90.1 Å². The first-order valence-electron chi connectivity index (χ1n) is 10.3. The zero-order valence-corrected chi connectivity index (χ0v) is 19.2. The van der Waals surface area contributed by atoms with Gasteiger partial charge in [-0.05, 0) is 58.7 Å². The molecule has 0 bridgehead atoms. The van der Waals surface area contributed by atoms with Gasteiger partial charge in [-0.3, -0.25) is 4.79 Å². The van der Waals surface area contributed by atoms with Crippen LogP contribution in [0.25, 0.3) is 22.0 Å². The molecule has 5 rings (SSSR count). The van der Waals surface area contributed by atoms with Crippen LogP contribution in [-0.2, 0) is 12.6 Å². The molecule has 0 amide bonds. The molecule has 0 saturated heterocycles. The van der Waals surface area contributed by atoms with Gasteiger partial charge in [0.05, 0.1) is 18.2 Å². The molecule has 0 radical (unpaired) electrons. The zero-order chi connectivity index (χ0) is 23.2. The molecule has 0 unspecified atom stereocenters. The third-order valence-electron chi connectivity index (χ3n) is 5.95. The van der Waals surface area contributed by atoms with Gasteiger partial charge in [-0.15, -0.1) is 0 Å². The van der Waals surface area contributed by atoms with E-state index in [-0.39, 0.29) is 5.56 Å². The number of aryl methyl sites for hydroxylation is 1. The summed E-state index contributed by atoms with van der Waals surface area (Å²) in [4.78, 5) is 19.6. The minimum absolute atomic E-state index is 0.187. The normalized spacial score (nSPS) is 13.2. The van der Waals surface area contributed by atoms with E-state index in [1.165, 1.54) is 0 Å². The van der Waals surface area contributed by atoms with Crippen molar-refractivity contribution in [2.75, 3.05) is 0 Å². The van der Waals surface area contributed by atoms with Crippen molar-refractivity contribution in [3.8, 4) is 11.1 Å². The van der Waals surface area contributed by atoms with E-state index in [4.69, 9.17) is 28.9 Å². The Bertz CT molecular complexity index is 1540. The van der Waals surface area contributed by atoms with Gasteiger partial charge >= 0.3 is 0 Å². The van der Waals surface area contributed by atoms with Crippen molar-refractivity contribution in [1.82, 2.24) is 14.5 Å². The molecule has 3 aromatic carbocycles. The Morgan fingerprint density at radius 3 is 2.39 bits per heavy atom. The topological polar surface area (TPSA) is 76.7 Å². The Balaban J connectivity index is 1.81. The number of aromatic nitrogens is 3. The van der Waals surface area contributed by atoms with Crippen molar-refractivity contribution >= 4 is 34.1 Å². The smallest absolute Gasteiger partial charge is 0.249 e. The summed E-state index contributed by atoms with van der Waals surface area (Å²) in [6, 6.07) is 22.4. The standard InChI is InChI=1S/C26H20Cl2N4O/c1-32-15-30-14-24(32)26(29,17-5-8-19(27)9-6-17)18-7-10-23-22(12-18)21(13-25(33)31-23)16-3-2-4-20(28)11-16/h2-15H,29H2,1H3,(H,31,33)/t26-/m0/s1. The minimum Gasteiger partial charge on any atom is -0.336 e. The van der Waals surface area contributed by atoms with E-state index < -0.39 is 5.54 Å². The molecule has 2 aromatic heterocycles. The summed E-state index contributed by atoms with van der Waals surface area (Å²) in [7, 11) is 1.91. The third kappa shape index (κ3) is 3.74. The van der Waals surface area contributed by atoms with Crippen LogP contribution in [0.1, 0.15) is 16.8 Å². The monoisotopic (exact) mass is 474 g/mol. The van der Waals surface area contributed by atoms with Crippen LogP contribution in [-0.4, -0.2) is 14.5 Å². The van der Waals surface area contributed by atoms with E-state index in [1.807, 2.05) is 72.3 Å². The summed E-state index contributed by atoms with van der Waals surface area (Å²) in [6.45, 7) is 0. The van der Waals surface area contributed by atoms with Crippen molar-refractivity contribution in [1.29, 1.82) is 0 Å². The molecule has 5 aromatic rings. The molecule has 0 aliphatic carbocycles. The van der Waals surface area contributed by atoms with Gasteiger partial charge < -0.3 is 15.3 Å². The van der Waals surface area contributed by atoms with Gasteiger partial charge in [-0.25, -0.2) is 4.98 Å². The highest BCUT2D eigenvalue weighted by atomic mass is 35.5. The molecule has 2 heterocycles. The molecule has 0 aliphatic heterocycles. The second-order valence-corrected chi connectivity index (χ2v) is 8.90. The fraction of sp³-hybridized carbons (Fsp3) is 0.0769. The van der Waals surface area contributed by atoms with E-state index in [1.54, 1.807) is 24.7 Å². The van der Waals surface area contributed by atoms with Gasteiger partial charge in [0.2, 0.25) is 5.56 Å². The Hall–Kier alpha value is -3.38. The van der Waals surface area contributed by atoms with Crippen LogP contribution in [0.4, 0.5) is 0 Å². The Labute approximate surface area is 200 Å². The van der Waals surface area contributed by atoms with Crippen LogP contribution < -0.4 is 11.3 Å². The number of rotatable bonds is 4. The van der Waals surface area contributed by atoms with Gasteiger partial charge in [0.15, 0.2) is 0 Å². The van der Waals surface area contributed by atoms with E-state index in [2.05, 4.69) is 9.97 Å². The molecule has 0 aliphatic rings. The lowest BCUT2D eigenvalue weighted by Crippen LogP contribution is -2.40. The molecule has 0 spiro atoms. The fourth-order valence-electron chi connectivity index (χ4n) is 4.31. The number of nitrogens with one attached hydrogen (secondary N) is 1. The molecule has 33 heavy (non-hydrogen) atoms. The highest BCUT2D eigenvalue weighted by Gasteiger charge is 2.35. The number of hydrogen-bond donors (Lipinski definition) is 2. The second-order valence-electron chi connectivity index (χ2n) is 8.02. The first-order valence-corrected chi connectivity index (χ1v) is 11.1. The number of fused-ring (bicyclic) bond motifs is 1. The average Bonchev–Trinajstić information content (AvgIpc) is 3.24. The molecule has 1 atom stereocenters. The van der Waals surface area contributed by atoms with Crippen LogP contribution in [0.5, 0.6) is 0 Å². The number of nitrogens with two attached hydrogens (primary N) is 1. The van der Waals surface area contributed by atoms with Gasteiger partial charge in [0.25, 0.3) is 0 Å². The lowest BCUT2D eigenvalue weighted by atomic mass is 9.80. The van der Waals surface area contributed by atoms with Crippen molar-refractivity contribution in [3.05, 3.63) is 123 Å². The molecule has 164 valence electrons. The largest absolute Gasteiger partial charge is 0.336 e. The average molecular weight is 475 g/mol. The first-order chi connectivity index (χ1) is 15.9. The fourth-order valence-corrected chi connectivity index (χ4v) is 4.62. The van der Waals surface area contributed by atoms with E-state index in [9.17, 15) is 4.79 Å². The number of benzene rings is 3.